The van der Waals surface area contributed by atoms with Gasteiger partial charge >= 0.3 is 0 Å². The number of ether oxygens (including phenoxy) is 1. The largest absolute Gasteiger partial charge is 0.495 e. The number of methoxy groups -OCH3 is 1. The first-order valence-electron chi connectivity index (χ1n) is 8.15. The molecule has 1 aromatic rings. The smallest absolute Gasteiger partial charge is 0.141 e. The molecule has 1 aromatic carbocycles. The Bertz CT molecular complexity index is 463. The van der Waals surface area contributed by atoms with Crippen LogP contribution in [0, 0.1) is 0 Å². The average molecular weight is 289 g/mol. The molecule has 0 amide bonds. The molecule has 1 aliphatic heterocycles. The Morgan fingerprint density at radius 1 is 1.14 bits per heavy atom. The molecule has 0 unspecified atom stereocenters. The molecule has 2 fully saturated rings. The molecule has 1 saturated heterocycles. The Morgan fingerprint density at radius 3 is 2.48 bits per heavy atom. The number of nitrogen functional groups attached to an aromatic ring is 1. The molecular weight excluding hydrogens is 262 g/mol. The van der Waals surface area contributed by atoms with Crippen molar-refractivity contribution < 1.29 is 4.74 Å². The third kappa shape index (κ3) is 3.50. The highest BCUT2D eigenvalue weighted by atomic mass is 16.5. The summed E-state index contributed by atoms with van der Waals surface area (Å²) in [6.45, 7) is 5.77. The summed E-state index contributed by atoms with van der Waals surface area (Å²) in [5.41, 5.74) is 8.01. The summed E-state index contributed by atoms with van der Waals surface area (Å²) >= 11 is 0. The Morgan fingerprint density at radius 2 is 1.86 bits per heavy atom. The van der Waals surface area contributed by atoms with Gasteiger partial charge in [0.2, 0.25) is 0 Å². The fourth-order valence-electron chi connectivity index (χ4n) is 3.70. The number of nitrogens with zero attached hydrogens (tertiary/aromatic N) is 2. The minimum atomic E-state index is 0.736. The fourth-order valence-corrected chi connectivity index (χ4v) is 3.70. The lowest BCUT2D eigenvalue weighted by molar-refractivity contribution is 0.0937. The lowest BCUT2D eigenvalue weighted by atomic mass is 10.1. The highest BCUT2D eigenvalue weighted by Gasteiger charge is 2.25. The van der Waals surface area contributed by atoms with E-state index in [1.54, 1.807) is 7.11 Å². The van der Waals surface area contributed by atoms with E-state index in [4.69, 9.17) is 10.5 Å². The van der Waals surface area contributed by atoms with E-state index in [-0.39, 0.29) is 0 Å². The van der Waals surface area contributed by atoms with Crippen LogP contribution in [-0.2, 0) is 6.54 Å². The molecule has 4 heteroatoms. The number of benzene rings is 1. The van der Waals surface area contributed by atoms with Gasteiger partial charge in [-0.05, 0) is 30.5 Å². The Labute approximate surface area is 127 Å². The molecule has 116 valence electrons. The van der Waals surface area contributed by atoms with Crippen molar-refractivity contribution in [2.75, 3.05) is 39.0 Å². The Kier molecular flexibility index (Phi) is 4.66. The summed E-state index contributed by atoms with van der Waals surface area (Å²) in [7, 11) is 1.66. The van der Waals surface area contributed by atoms with Crippen LogP contribution in [0.1, 0.15) is 31.2 Å². The lowest BCUT2D eigenvalue weighted by Crippen LogP contribution is -2.49. The van der Waals surface area contributed by atoms with Crippen LogP contribution in [0.5, 0.6) is 5.75 Å². The molecule has 3 rings (SSSR count). The van der Waals surface area contributed by atoms with Crippen molar-refractivity contribution in [1.29, 1.82) is 0 Å². The lowest BCUT2D eigenvalue weighted by Gasteiger charge is -2.38. The predicted octanol–water partition coefficient (Wildman–Crippen LogP) is 2.34. The van der Waals surface area contributed by atoms with E-state index in [1.165, 1.54) is 57.4 Å². The zero-order valence-electron chi connectivity index (χ0n) is 13.1. The quantitative estimate of drug-likeness (QED) is 0.864. The molecule has 0 aromatic heterocycles. The molecule has 0 bridgehead atoms. The summed E-state index contributed by atoms with van der Waals surface area (Å²) in [6, 6.07) is 7.00. The second-order valence-electron chi connectivity index (χ2n) is 6.33. The monoisotopic (exact) mass is 289 g/mol. The second kappa shape index (κ2) is 6.67. The first-order chi connectivity index (χ1) is 10.3. The van der Waals surface area contributed by atoms with E-state index < -0.39 is 0 Å². The second-order valence-corrected chi connectivity index (χ2v) is 6.33. The van der Waals surface area contributed by atoms with Gasteiger partial charge in [0.15, 0.2) is 0 Å². The van der Waals surface area contributed by atoms with Gasteiger partial charge in [-0.1, -0.05) is 18.9 Å². The highest BCUT2D eigenvalue weighted by molar-refractivity contribution is 5.54. The normalized spacial score (nSPS) is 21.8. The number of anilines is 1. The topological polar surface area (TPSA) is 41.7 Å². The van der Waals surface area contributed by atoms with Gasteiger partial charge in [-0.2, -0.15) is 0 Å². The van der Waals surface area contributed by atoms with Crippen molar-refractivity contribution in [2.24, 2.45) is 0 Å². The minimum Gasteiger partial charge on any atom is -0.495 e. The summed E-state index contributed by atoms with van der Waals surface area (Å²) in [5, 5.41) is 0. The van der Waals surface area contributed by atoms with Crippen LogP contribution in [0.15, 0.2) is 18.2 Å². The van der Waals surface area contributed by atoms with Crippen molar-refractivity contribution in [1.82, 2.24) is 9.80 Å². The zero-order valence-corrected chi connectivity index (χ0v) is 13.1. The SMILES string of the molecule is COc1ccc(CN2CCN(C3CCCC3)CC2)cc1N. The summed E-state index contributed by atoms with van der Waals surface area (Å²) in [5.74, 6) is 0.768. The van der Waals surface area contributed by atoms with Crippen LogP contribution in [-0.4, -0.2) is 49.1 Å². The fraction of sp³-hybridized carbons (Fsp3) is 0.647. The van der Waals surface area contributed by atoms with E-state index in [0.29, 0.717) is 0 Å². The minimum absolute atomic E-state index is 0.736. The molecule has 1 saturated carbocycles. The summed E-state index contributed by atoms with van der Waals surface area (Å²) < 4.78 is 5.22. The number of rotatable bonds is 4. The van der Waals surface area contributed by atoms with Crippen molar-refractivity contribution >= 4 is 5.69 Å². The van der Waals surface area contributed by atoms with Crippen LogP contribution >= 0.6 is 0 Å². The van der Waals surface area contributed by atoms with Crippen LogP contribution in [0.25, 0.3) is 0 Å². The number of nitrogens with two attached hydrogens (primary N) is 1. The summed E-state index contributed by atoms with van der Waals surface area (Å²) in [4.78, 5) is 5.23. The number of hydrogen-bond donors (Lipinski definition) is 1. The highest BCUT2D eigenvalue weighted by Crippen LogP contribution is 2.25. The number of piperazine rings is 1. The predicted molar refractivity (Wildman–Crippen MR) is 86.5 cm³/mol. The average Bonchev–Trinajstić information content (AvgIpc) is 3.02. The van der Waals surface area contributed by atoms with Gasteiger partial charge in [-0.15, -0.1) is 0 Å². The third-order valence-corrected chi connectivity index (χ3v) is 4.95. The maximum Gasteiger partial charge on any atom is 0.141 e. The van der Waals surface area contributed by atoms with Gasteiger partial charge in [0, 0.05) is 38.8 Å². The van der Waals surface area contributed by atoms with Crippen LogP contribution in [0.2, 0.25) is 0 Å². The van der Waals surface area contributed by atoms with Crippen LogP contribution in [0.4, 0.5) is 5.69 Å². The van der Waals surface area contributed by atoms with Gasteiger partial charge in [-0.3, -0.25) is 9.80 Å². The first kappa shape index (κ1) is 14.7. The molecule has 21 heavy (non-hydrogen) atoms. The van der Waals surface area contributed by atoms with Crippen molar-refractivity contribution in [3.8, 4) is 5.75 Å². The van der Waals surface area contributed by atoms with E-state index in [0.717, 1.165) is 24.0 Å². The van der Waals surface area contributed by atoms with Gasteiger partial charge < -0.3 is 10.5 Å². The first-order valence-corrected chi connectivity index (χ1v) is 8.15. The van der Waals surface area contributed by atoms with Gasteiger partial charge in [0.25, 0.3) is 0 Å². The Balaban J connectivity index is 1.51. The molecule has 2 N–H and O–H groups in total. The van der Waals surface area contributed by atoms with Gasteiger partial charge in [-0.25, -0.2) is 0 Å². The van der Waals surface area contributed by atoms with Gasteiger partial charge in [0.05, 0.1) is 12.8 Å². The molecular formula is C17H27N3O. The third-order valence-electron chi connectivity index (χ3n) is 4.95. The zero-order chi connectivity index (χ0) is 14.7. The van der Waals surface area contributed by atoms with E-state index in [2.05, 4.69) is 15.9 Å². The van der Waals surface area contributed by atoms with Crippen molar-refractivity contribution in [2.45, 2.75) is 38.3 Å². The maximum absolute atomic E-state index is 5.99. The van der Waals surface area contributed by atoms with E-state index >= 15 is 0 Å². The van der Waals surface area contributed by atoms with E-state index in [9.17, 15) is 0 Å². The van der Waals surface area contributed by atoms with Gasteiger partial charge in [0.1, 0.15) is 5.75 Å². The standard InChI is InChI=1S/C17H27N3O/c1-21-17-7-6-14(12-16(17)18)13-19-8-10-20(11-9-19)15-4-2-3-5-15/h6-7,12,15H,2-5,8-11,13,18H2,1H3. The molecule has 1 heterocycles. The maximum atomic E-state index is 5.99. The van der Waals surface area contributed by atoms with E-state index in [1.807, 2.05) is 12.1 Å². The van der Waals surface area contributed by atoms with Crippen molar-refractivity contribution in [3.63, 3.8) is 0 Å². The van der Waals surface area contributed by atoms with Crippen LogP contribution < -0.4 is 10.5 Å². The molecule has 4 nitrogen and oxygen atoms in total. The van der Waals surface area contributed by atoms with Crippen molar-refractivity contribution in [3.05, 3.63) is 23.8 Å². The van der Waals surface area contributed by atoms with Crippen LogP contribution in [0.3, 0.4) is 0 Å². The number of hydrogen-bond acceptors (Lipinski definition) is 4. The molecule has 2 aliphatic rings. The summed E-state index contributed by atoms with van der Waals surface area (Å²) in [6.07, 6.45) is 5.68. The Hall–Kier alpha value is -1.26. The molecule has 0 radical (unpaired) electrons. The molecule has 1 aliphatic carbocycles. The molecule has 0 atom stereocenters. The molecule has 0 spiro atoms.